The van der Waals surface area contributed by atoms with E-state index >= 15 is 0 Å². The number of nitrogens with two attached hydrogens (primary N) is 1. The van der Waals surface area contributed by atoms with Crippen LogP contribution in [0, 0.1) is 0 Å². The second kappa shape index (κ2) is 4.21. The summed E-state index contributed by atoms with van der Waals surface area (Å²) in [4.78, 5) is 4.09. The average Bonchev–Trinajstić information content (AvgIpc) is 2.04. The molecule has 1 heterocycles. The highest BCUT2D eigenvalue weighted by Gasteiger charge is 2.02. The molecule has 1 aromatic rings. The molecule has 1 atom stereocenters. The van der Waals surface area contributed by atoms with Crippen LogP contribution in [0.3, 0.4) is 0 Å². The lowest BCUT2D eigenvalue weighted by molar-refractivity contribution is 0.729. The lowest BCUT2D eigenvalue weighted by Crippen LogP contribution is -2.18. The van der Waals surface area contributed by atoms with Crippen LogP contribution in [0.15, 0.2) is 18.5 Å². The van der Waals surface area contributed by atoms with E-state index < -0.39 is 0 Å². The monoisotopic (exact) mass is 164 g/mol. The van der Waals surface area contributed by atoms with E-state index in [2.05, 4.69) is 18.0 Å². The van der Waals surface area contributed by atoms with Crippen molar-refractivity contribution in [3.63, 3.8) is 0 Å². The van der Waals surface area contributed by atoms with Crippen LogP contribution in [0.5, 0.6) is 0 Å². The number of pyridine rings is 1. The maximum atomic E-state index is 5.72. The maximum absolute atomic E-state index is 5.72. The van der Waals surface area contributed by atoms with Crippen molar-refractivity contribution in [2.45, 2.75) is 32.7 Å². The smallest absolute Gasteiger partial charge is 0.0303 e. The molecule has 2 heteroatoms. The molecule has 2 nitrogen and oxygen atoms in total. The standard InChI is InChI=1S/C10H16N2/c1-3-9-4-5-12-7-10(9)6-8(2)11/h4-5,7-8H,3,6,11H2,1-2H3. The summed E-state index contributed by atoms with van der Waals surface area (Å²) >= 11 is 0. The normalized spacial score (nSPS) is 12.9. The minimum absolute atomic E-state index is 0.222. The number of hydrogen-bond donors (Lipinski definition) is 1. The molecular weight excluding hydrogens is 148 g/mol. The first-order valence-electron chi connectivity index (χ1n) is 4.41. The van der Waals surface area contributed by atoms with E-state index in [-0.39, 0.29) is 6.04 Å². The van der Waals surface area contributed by atoms with Crippen LogP contribution in [-0.2, 0) is 12.8 Å². The molecule has 0 aliphatic rings. The van der Waals surface area contributed by atoms with E-state index in [1.165, 1.54) is 11.1 Å². The van der Waals surface area contributed by atoms with Gasteiger partial charge in [0.15, 0.2) is 0 Å². The van der Waals surface area contributed by atoms with Gasteiger partial charge in [-0.05, 0) is 37.0 Å². The molecule has 0 aliphatic carbocycles. The van der Waals surface area contributed by atoms with Crippen molar-refractivity contribution >= 4 is 0 Å². The fraction of sp³-hybridized carbons (Fsp3) is 0.500. The first-order valence-corrected chi connectivity index (χ1v) is 4.41. The number of hydrogen-bond acceptors (Lipinski definition) is 2. The van der Waals surface area contributed by atoms with Crippen LogP contribution < -0.4 is 5.73 Å². The topological polar surface area (TPSA) is 38.9 Å². The first-order chi connectivity index (χ1) is 5.74. The third-order valence-corrected chi connectivity index (χ3v) is 1.93. The van der Waals surface area contributed by atoms with Gasteiger partial charge in [0.2, 0.25) is 0 Å². The SMILES string of the molecule is CCc1ccncc1CC(C)N. The van der Waals surface area contributed by atoms with E-state index in [9.17, 15) is 0 Å². The maximum Gasteiger partial charge on any atom is 0.0303 e. The van der Waals surface area contributed by atoms with E-state index in [0.717, 1.165) is 12.8 Å². The molecule has 1 aromatic heterocycles. The van der Waals surface area contributed by atoms with E-state index in [1.54, 1.807) is 0 Å². The molecule has 0 aliphatic heterocycles. The number of aryl methyl sites for hydroxylation is 1. The fourth-order valence-electron chi connectivity index (χ4n) is 1.33. The van der Waals surface area contributed by atoms with E-state index in [4.69, 9.17) is 5.73 Å². The van der Waals surface area contributed by atoms with Crippen molar-refractivity contribution in [1.29, 1.82) is 0 Å². The largest absolute Gasteiger partial charge is 0.328 e. The number of nitrogens with zero attached hydrogens (tertiary/aromatic N) is 1. The highest BCUT2D eigenvalue weighted by atomic mass is 14.6. The molecular formula is C10H16N2. The van der Waals surface area contributed by atoms with Gasteiger partial charge in [0.05, 0.1) is 0 Å². The Kier molecular flexibility index (Phi) is 3.23. The summed E-state index contributed by atoms with van der Waals surface area (Å²) in [5, 5.41) is 0. The molecule has 0 saturated carbocycles. The molecule has 12 heavy (non-hydrogen) atoms. The summed E-state index contributed by atoms with van der Waals surface area (Å²) in [6.45, 7) is 4.17. The zero-order chi connectivity index (χ0) is 8.97. The van der Waals surface area contributed by atoms with Gasteiger partial charge in [-0.1, -0.05) is 6.92 Å². The number of rotatable bonds is 3. The summed E-state index contributed by atoms with van der Waals surface area (Å²) in [7, 11) is 0. The van der Waals surface area contributed by atoms with Crippen molar-refractivity contribution in [2.75, 3.05) is 0 Å². The van der Waals surface area contributed by atoms with Gasteiger partial charge in [-0.25, -0.2) is 0 Å². The Balaban J connectivity index is 2.82. The zero-order valence-electron chi connectivity index (χ0n) is 7.75. The molecule has 0 aromatic carbocycles. The Morgan fingerprint density at radius 2 is 2.25 bits per heavy atom. The highest BCUT2D eigenvalue weighted by Crippen LogP contribution is 2.09. The van der Waals surface area contributed by atoms with Gasteiger partial charge >= 0.3 is 0 Å². The lowest BCUT2D eigenvalue weighted by Gasteiger charge is -2.08. The Hall–Kier alpha value is -0.890. The van der Waals surface area contributed by atoms with Crippen LogP contribution in [0.1, 0.15) is 25.0 Å². The Bertz CT molecular complexity index is 243. The Morgan fingerprint density at radius 1 is 1.50 bits per heavy atom. The average molecular weight is 164 g/mol. The van der Waals surface area contributed by atoms with Crippen LogP contribution in [0.2, 0.25) is 0 Å². The summed E-state index contributed by atoms with van der Waals surface area (Å²) in [6, 6.07) is 2.29. The molecule has 1 rings (SSSR count). The van der Waals surface area contributed by atoms with Gasteiger partial charge in [-0.15, -0.1) is 0 Å². The molecule has 0 radical (unpaired) electrons. The van der Waals surface area contributed by atoms with Gasteiger partial charge in [-0.2, -0.15) is 0 Å². The highest BCUT2D eigenvalue weighted by molar-refractivity contribution is 5.23. The minimum Gasteiger partial charge on any atom is -0.328 e. The van der Waals surface area contributed by atoms with Crippen molar-refractivity contribution < 1.29 is 0 Å². The van der Waals surface area contributed by atoms with Gasteiger partial charge < -0.3 is 5.73 Å². The van der Waals surface area contributed by atoms with E-state index in [0.29, 0.717) is 0 Å². The second-order valence-corrected chi connectivity index (χ2v) is 3.18. The van der Waals surface area contributed by atoms with Crippen molar-refractivity contribution in [3.8, 4) is 0 Å². The van der Waals surface area contributed by atoms with Crippen molar-refractivity contribution in [1.82, 2.24) is 4.98 Å². The molecule has 0 saturated heterocycles. The molecule has 1 unspecified atom stereocenters. The minimum atomic E-state index is 0.222. The van der Waals surface area contributed by atoms with Gasteiger partial charge in [0, 0.05) is 18.4 Å². The predicted octanol–water partition coefficient (Wildman–Crippen LogP) is 1.53. The van der Waals surface area contributed by atoms with Crippen LogP contribution >= 0.6 is 0 Å². The van der Waals surface area contributed by atoms with Crippen LogP contribution in [-0.4, -0.2) is 11.0 Å². The molecule has 0 amide bonds. The summed E-state index contributed by atoms with van der Waals surface area (Å²) < 4.78 is 0. The third kappa shape index (κ3) is 2.31. The molecule has 0 fully saturated rings. The van der Waals surface area contributed by atoms with Gasteiger partial charge in [0.1, 0.15) is 0 Å². The summed E-state index contributed by atoms with van der Waals surface area (Å²) in [5.74, 6) is 0. The molecule has 66 valence electrons. The van der Waals surface area contributed by atoms with Gasteiger partial charge in [0.25, 0.3) is 0 Å². The van der Waals surface area contributed by atoms with Crippen molar-refractivity contribution in [3.05, 3.63) is 29.6 Å². The Labute approximate surface area is 73.8 Å². The van der Waals surface area contributed by atoms with Crippen LogP contribution in [0.25, 0.3) is 0 Å². The third-order valence-electron chi connectivity index (χ3n) is 1.93. The fourth-order valence-corrected chi connectivity index (χ4v) is 1.33. The van der Waals surface area contributed by atoms with Crippen molar-refractivity contribution in [2.24, 2.45) is 5.73 Å². The number of aromatic nitrogens is 1. The zero-order valence-corrected chi connectivity index (χ0v) is 7.75. The molecule has 0 bridgehead atoms. The quantitative estimate of drug-likeness (QED) is 0.736. The summed E-state index contributed by atoms with van der Waals surface area (Å²) in [5.41, 5.74) is 8.37. The van der Waals surface area contributed by atoms with Gasteiger partial charge in [-0.3, -0.25) is 4.98 Å². The first kappa shape index (κ1) is 9.20. The molecule has 2 N–H and O–H groups in total. The lowest BCUT2D eigenvalue weighted by atomic mass is 10.0. The second-order valence-electron chi connectivity index (χ2n) is 3.18. The predicted molar refractivity (Wildman–Crippen MR) is 51.0 cm³/mol. The van der Waals surface area contributed by atoms with E-state index in [1.807, 2.05) is 19.3 Å². The van der Waals surface area contributed by atoms with Crippen LogP contribution in [0.4, 0.5) is 0 Å². The Morgan fingerprint density at radius 3 is 2.83 bits per heavy atom. The molecule has 0 spiro atoms. The summed E-state index contributed by atoms with van der Waals surface area (Å²) in [6.07, 6.45) is 5.74.